The Bertz CT molecular complexity index is 928. The number of nitro benzene ring substituents is 1. The molecule has 24 heavy (non-hydrogen) atoms. The van der Waals surface area contributed by atoms with E-state index >= 15 is 0 Å². The van der Waals surface area contributed by atoms with Crippen molar-refractivity contribution >= 4 is 38.5 Å². The highest BCUT2D eigenvalue weighted by molar-refractivity contribution is 9.10. The third-order valence-electron chi connectivity index (χ3n) is 2.95. The van der Waals surface area contributed by atoms with Gasteiger partial charge in [0.1, 0.15) is 0 Å². The number of nitrogens with zero attached hydrogens (tertiary/aromatic N) is 3. The zero-order valence-electron chi connectivity index (χ0n) is 11.9. The SMILES string of the molecule is O=C(Sc1nnc(-c2cccc(Br)c2)o1)c1cccc([N+](=O)[O-])c1. The highest BCUT2D eigenvalue weighted by atomic mass is 79.9. The first-order chi connectivity index (χ1) is 11.5. The highest BCUT2D eigenvalue weighted by Crippen LogP contribution is 2.27. The molecule has 3 aromatic rings. The quantitative estimate of drug-likeness (QED) is 0.361. The van der Waals surface area contributed by atoms with E-state index in [2.05, 4.69) is 26.1 Å². The molecule has 0 fully saturated rings. The van der Waals surface area contributed by atoms with Crippen LogP contribution in [0.2, 0.25) is 0 Å². The summed E-state index contributed by atoms with van der Waals surface area (Å²) in [7, 11) is 0. The van der Waals surface area contributed by atoms with E-state index in [0.29, 0.717) is 5.56 Å². The summed E-state index contributed by atoms with van der Waals surface area (Å²) in [5, 5.41) is 18.1. The fraction of sp³-hybridized carbons (Fsp3) is 0. The number of hydrogen-bond acceptors (Lipinski definition) is 7. The van der Waals surface area contributed by atoms with Crippen LogP contribution in [0.15, 0.2) is 62.6 Å². The fourth-order valence-electron chi connectivity index (χ4n) is 1.87. The molecule has 0 unspecified atom stereocenters. The maximum Gasteiger partial charge on any atom is 0.284 e. The summed E-state index contributed by atoms with van der Waals surface area (Å²) in [4.78, 5) is 22.4. The van der Waals surface area contributed by atoms with Gasteiger partial charge < -0.3 is 4.42 Å². The van der Waals surface area contributed by atoms with Gasteiger partial charge in [-0.05, 0) is 24.3 Å². The van der Waals surface area contributed by atoms with Crippen molar-refractivity contribution in [1.82, 2.24) is 10.2 Å². The van der Waals surface area contributed by atoms with Crippen molar-refractivity contribution in [1.29, 1.82) is 0 Å². The summed E-state index contributed by atoms with van der Waals surface area (Å²) in [5.74, 6) is 0.283. The number of aromatic nitrogens is 2. The molecule has 0 atom stereocenters. The number of carbonyl (C=O) groups is 1. The second-order valence-corrected chi connectivity index (χ2v) is 6.42. The van der Waals surface area contributed by atoms with E-state index in [1.807, 2.05) is 18.2 Å². The first kappa shape index (κ1) is 16.3. The minimum absolute atomic E-state index is 0.0708. The van der Waals surface area contributed by atoms with E-state index < -0.39 is 10.0 Å². The highest BCUT2D eigenvalue weighted by Gasteiger charge is 2.17. The molecule has 120 valence electrons. The maximum absolute atomic E-state index is 12.2. The molecule has 0 radical (unpaired) electrons. The van der Waals surface area contributed by atoms with Crippen molar-refractivity contribution in [2.45, 2.75) is 5.22 Å². The van der Waals surface area contributed by atoms with Gasteiger partial charge in [-0.2, -0.15) is 0 Å². The van der Waals surface area contributed by atoms with Gasteiger partial charge in [0.2, 0.25) is 11.0 Å². The van der Waals surface area contributed by atoms with Gasteiger partial charge in [-0.15, -0.1) is 10.2 Å². The molecular formula is C15H8BrN3O4S. The summed E-state index contributed by atoms with van der Waals surface area (Å²) in [6.07, 6.45) is 0. The first-order valence-electron chi connectivity index (χ1n) is 6.59. The standard InChI is InChI=1S/C15H8BrN3O4S/c16-11-5-1-3-9(7-11)13-17-18-15(23-13)24-14(20)10-4-2-6-12(8-10)19(21)22/h1-8H. The molecule has 9 heteroatoms. The smallest absolute Gasteiger partial charge is 0.284 e. The van der Waals surface area contributed by atoms with Crippen molar-refractivity contribution < 1.29 is 14.1 Å². The van der Waals surface area contributed by atoms with Crippen LogP contribution in [0, 0.1) is 10.1 Å². The monoisotopic (exact) mass is 405 g/mol. The summed E-state index contributed by atoms with van der Waals surface area (Å²) >= 11 is 4.07. The van der Waals surface area contributed by atoms with Crippen LogP contribution in [0.5, 0.6) is 0 Å². The van der Waals surface area contributed by atoms with Crippen molar-refractivity contribution in [3.05, 3.63) is 68.7 Å². The molecule has 0 N–H and O–H groups in total. The molecule has 0 saturated carbocycles. The Labute approximate surface area is 148 Å². The van der Waals surface area contributed by atoms with Gasteiger partial charge in [-0.25, -0.2) is 0 Å². The van der Waals surface area contributed by atoms with E-state index in [-0.39, 0.29) is 22.4 Å². The normalized spacial score (nSPS) is 10.5. The molecule has 0 amide bonds. The summed E-state index contributed by atoms with van der Waals surface area (Å²) < 4.78 is 6.32. The van der Waals surface area contributed by atoms with Gasteiger partial charge >= 0.3 is 0 Å². The van der Waals surface area contributed by atoms with Crippen molar-refractivity contribution in [3.8, 4) is 11.5 Å². The van der Waals surface area contributed by atoms with Crippen LogP contribution >= 0.6 is 27.7 Å². The number of thioether (sulfide) groups is 1. The Hall–Kier alpha value is -2.52. The van der Waals surface area contributed by atoms with Crippen molar-refractivity contribution in [3.63, 3.8) is 0 Å². The maximum atomic E-state index is 12.2. The fourth-order valence-corrected chi connectivity index (χ4v) is 2.88. The minimum atomic E-state index is -0.556. The van der Waals surface area contributed by atoms with Gasteiger partial charge in [0, 0.05) is 39.5 Å². The van der Waals surface area contributed by atoms with Gasteiger partial charge in [0.15, 0.2) is 0 Å². The number of rotatable bonds is 4. The number of nitro groups is 1. The number of non-ortho nitro benzene ring substituents is 1. The topological polar surface area (TPSA) is 99.1 Å². The van der Waals surface area contributed by atoms with Crippen LogP contribution in [0.3, 0.4) is 0 Å². The largest absolute Gasteiger partial charge is 0.411 e. The summed E-state index contributed by atoms with van der Waals surface area (Å²) in [6, 6.07) is 12.8. The Morgan fingerprint density at radius 1 is 1.17 bits per heavy atom. The van der Waals surface area contributed by atoms with Crippen molar-refractivity contribution in [2.75, 3.05) is 0 Å². The second kappa shape index (κ2) is 6.93. The van der Waals surface area contributed by atoms with Crippen LogP contribution in [-0.2, 0) is 0 Å². The lowest BCUT2D eigenvalue weighted by Crippen LogP contribution is -1.95. The summed E-state index contributed by atoms with van der Waals surface area (Å²) in [5.41, 5.74) is 0.754. The molecule has 1 heterocycles. The van der Waals surface area contributed by atoms with Gasteiger partial charge in [0.25, 0.3) is 10.9 Å². The Balaban J connectivity index is 1.78. The molecule has 0 aliphatic rings. The Morgan fingerprint density at radius 2 is 1.96 bits per heavy atom. The van der Waals surface area contributed by atoms with Crippen LogP contribution in [0.4, 0.5) is 5.69 Å². The number of benzene rings is 2. The number of halogens is 1. The average molecular weight is 406 g/mol. The second-order valence-electron chi connectivity index (χ2n) is 4.58. The lowest BCUT2D eigenvalue weighted by molar-refractivity contribution is -0.384. The van der Waals surface area contributed by atoms with E-state index in [4.69, 9.17) is 4.42 Å². The first-order valence-corrected chi connectivity index (χ1v) is 8.20. The third kappa shape index (κ3) is 3.69. The predicted octanol–water partition coefficient (Wildman–Crippen LogP) is 4.34. The molecule has 0 bridgehead atoms. The van der Waals surface area contributed by atoms with Crippen LogP contribution in [0.25, 0.3) is 11.5 Å². The van der Waals surface area contributed by atoms with Crippen LogP contribution < -0.4 is 0 Å². The van der Waals surface area contributed by atoms with Gasteiger partial charge in [-0.1, -0.05) is 28.1 Å². The van der Waals surface area contributed by atoms with Gasteiger partial charge in [0.05, 0.1) is 4.92 Å². The molecule has 0 spiro atoms. The van der Waals surface area contributed by atoms with Crippen LogP contribution in [0.1, 0.15) is 10.4 Å². The molecule has 0 aliphatic carbocycles. The average Bonchev–Trinajstić information content (AvgIpc) is 3.03. The zero-order chi connectivity index (χ0) is 17.1. The van der Waals surface area contributed by atoms with E-state index in [0.717, 1.165) is 16.2 Å². The van der Waals surface area contributed by atoms with Gasteiger partial charge in [-0.3, -0.25) is 14.9 Å². The predicted molar refractivity (Wildman–Crippen MR) is 90.7 cm³/mol. The number of hydrogen-bond donors (Lipinski definition) is 0. The van der Waals surface area contributed by atoms with Crippen LogP contribution in [-0.4, -0.2) is 20.2 Å². The molecule has 0 saturated heterocycles. The molecular weight excluding hydrogens is 398 g/mol. The summed E-state index contributed by atoms with van der Waals surface area (Å²) in [6.45, 7) is 0. The minimum Gasteiger partial charge on any atom is -0.411 e. The molecule has 0 aliphatic heterocycles. The van der Waals surface area contributed by atoms with E-state index in [1.165, 1.54) is 24.3 Å². The Kier molecular flexibility index (Phi) is 4.72. The molecule has 7 nitrogen and oxygen atoms in total. The van der Waals surface area contributed by atoms with E-state index in [9.17, 15) is 14.9 Å². The number of carbonyl (C=O) groups excluding carboxylic acids is 1. The molecule has 3 rings (SSSR count). The molecule has 1 aromatic heterocycles. The van der Waals surface area contributed by atoms with Crippen molar-refractivity contribution in [2.24, 2.45) is 0 Å². The molecule has 2 aromatic carbocycles. The van der Waals surface area contributed by atoms with E-state index in [1.54, 1.807) is 6.07 Å². The lowest BCUT2D eigenvalue weighted by atomic mass is 10.2. The Morgan fingerprint density at radius 3 is 2.71 bits per heavy atom. The third-order valence-corrected chi connectivity index (χ3v) is 4.20. The lowest BCUT2D eigenvalue weighted by Gasteiger charge is -1.98. The zero-order valence-corrected chi connectivity index (χ0v) is 14.3.